The van der Waals surface area contributed by atoms with Gasteiger partial charge in [-0.1, -0.05) is 48.6 Å². The smallest absolute Gasteiger partial charge is 0.313 e. The second-order valence-corrected chi connectivity index (χ2v) is 11.3. The number of cyclic esters (lactones) is 1. The molecule has 1 aromatic rings. The predicted octanol–water partition coefficient (Wildman–Crippen LogP) is 1.87. The van der Waals surface area contributed by atoms with E-state index in [1.165, 1.54) is 4.90 Å². The second-order valence-electron chi connectivity index (χ2n) is 11.3. The molecule has 192 valence electrons. The first kappa shape index (κ1) is 24.7. The van der Waals surface area contributed by atoms with Gasteiger partial charge in [0.15, 0.2) is 0 Å². The van der Waals surface area contributed by atoms with E-state index in [2.05, 4.69) is 0 Å². The van der Waals surface area contributed by atoms with E-state index in [1.807, 2.05) is 63.3 Å². The van der Waals surface area contributed by atoms with E-state index >= 15 is 0 Å². The van der Waals surface area contributed by atoms with Gasteiger partial charge in [-0.2, -0.15) is 0 Å². The Hall–Kier alpha value is -2.97. The molecular weight excluding hydrogens is 460 g/mol. The highest BCUT2D eigenvalue weighted by Crippen LogP contribution is 2.58. The number of aliphatic hydroxyl groups excluding tert-OH is 1. The number of hydrogen-bond donors (Lipinski definition) is 1. The Morgan fingerprint density at radius 1 is 1.06 bits per heavy atom. The van der Waals surface area contributed by atoms with Gasteiger partial charge in [0.1, 0.15) is 24.2 Å². The lowest BCUT2D eigenvalue weighted by molar-refractivity contribution is -0.161. The molecule has 0 saturated carbocycles. The van der Waals surface area contributed by atoms with E-state index < -0.39 is 46.6 Å². The van der Waals surface area contributed by atoms with Gasteiger partial charge in [-0.15, -0.1) is 0 Å². The van der Waals surface area contributed by atoms with E-state index in [-0.39, 0.29) is 25.0 Å². The molecule has 8 heteroatoms. The van der Waals surface area contributed by atoms with Crippen LogP contribution < -0.4 is 0 Å². The minimum Gasteiger partial charge on any atom is -0.461 e. The van der Waals surface area contributed by atoms with Crippen molar-refractivity contribution in [2.45, 2.75) is 62.9 Å². The first-order valence-electron chi connectivity index (χ1n) is 12.5. The van der Waals surface area contributed by atoms with E-state index in [0.29, 0.717) is 13.0 Å². The first-order valence-corrected chi connectivity index (χ1v) is 12.5. The van der Waals surface area contributed by atoms with E-state index in [4.69, 9.17) is 9.47 Å². The quantitative estimate of drug-likeness (QED) is 0.507. The fraction of sp³-hybridized carbons (Fsp3) is 0.536. The number of nitrogens with zero attached hydrogens (tertiary/aromatic N) is 2. The van der Waals surface area contributed by atoms with Crippen molar-refractivity contribution in [3.8, 4) is 0 Å². The molecule has 0 radical (unpaired) electrons. The normalized spacial score (nSPS) is 34.6. The molecule has 1 aromatic carbocycles. The molecule has 2 saturated heterocycles. The summed E-state index contributed by atoms with van der Waals surface area (Å²) in [4.78, 5) is 45.0. The summed E-state index contributed by atoms with van der Waals surface area (Å²) in [7, 11) is 0. The zero-order valence-electron chi connectivity index (χ0n) is 21.2. The van der Waals surface area contributed by atoms with Gasteiger partial charge in [0.2, 0.25) is 11.8 Å². The van der Waals surface area contributed by atoms with Crippen molar-refractivity contribution in [3.05, 3.63) is 60.2 Å². The summed E-state index contributed by atoms with van der Waals surface area (Å²) in [5.74, 6) is -3.00. The average Bonchev–Trinajstić information content (AvgIpc) is 3.08. The highest BCUT2D eigenvalue weighted by molar-refractivity contribution is 5.99. The summed E-state index contributed by atoms with van der Waals surface area (Å²) in [5.41, 5.74) is -2.05. The van der Waals surface area contributed by atoms with Gasteiger partial charge in [-0.3, -0.25) is 14.4 Å². The van der Waals surface area contributed by atoms with Gasteiger partial charge in [0.05, 0.1) is 24.2 Å². The highest BCUT2D eigenvalue weighted by atomic mass is 16.6. The van der Waals surface area contributed by atoms with Crippen LogP contribution in [0.5, 0.6) is 0 Å². The Kier molecular flexibility index (Phi) is 5.87. The molecule has 1 spiro atoms. The molecule has 36 heavy (non-hydrogen) atoms. The van der Waals surface area contributed by atoms with Gasteiger partial charge >= 0.3 is 5.97 Å². The zero-order chi connectivity index (χ0) is 25.9. The number of amides is 2. The average molecular weight is 495 g/mol. The van der Waals surface area contributed by atoms with E-state index in [0.717, 1.165) is 5.56 Å². The summed E-state index contributed by atoms with van der Waals surface area (Å²) in [6.45, 7) is 7.74. The van der Waals surface area contributed by atoms with Crippen molar-refractivity contribution in [2.24, 2.45) is 11.8 Å². The largest absolute Gasteiger partial charge is 0.461 e. The molecule has 6 atom stereocenters. The number of esters is 1. The lowest BCUT2D eigenvalue weighted by Crippen LogP contribution is -2.61. The third-order valence-corrected chi connectivity index (χ3v) is 7.98. The number of fused-ring (bicyclic) bond motifs is 2. The maximum atomic E-state index is 14.3. The molecule has 1 unspecified atom stereocenters. The van der Waals surface area contributed by atoms with Crippen LogP contribution in [-0.2, 0) is 30.3 Å². The van der Waals surface area contributed by atoms with E-state index in [9.17, 15) is 19.5 Å². The first-order chi connectivity index (χ1) is 17.0. The maximum Gasteiger partial charge on any atom is 0.313 e. The molecule has 0 bridgehead atoms. The molecular formula is C28H34N2O6. The standard InChI is InChI=1S/C28H34N2O6/c1-26(2,3)29-14-8-13-28-20(21-25(34)35-15-9-12-27(21,4)36-28)23(32)30(22(28)24(29)33)19(17-31)16-18-10-6-5-7-11-18/h5-13,19-22,31H,14-17H2,1-4H3/t19-,20+,21-,22?,27+,28+/m1/s1. The Bertz CT molecular complexity index is 1120. The summed E-state index contributed by atoms with van der Waals surface area (Å²) >= 11 is 0. The Morgan fingerprint density at radius 3 is 2.44 bits per heavy atom. The fourth-order valence-electron chi connectivity index (χ4n) is 6.43. The molecule has 1 N–H and O–H groups in total. The minimum absolute atomic E-state index is 0.106. The molecule has 4 aliphatic heterocycles. The van der Waals surface area contributed by atoms with Crippen LogP contribution in [0.3, 0.4) is 0 Å². The van der Waals surface area contributed by atoms with Crippen molar-refractivity contribution >= 4 is 17.8 Å². The number of aliphatic hydroxyl groups is 1. The molecule has 0 aromatic heterocycles. The number of benzene rings is 1. The van der Waals surface area contributed by atoms with Crippen LogP contribution in [0.1, 0.15) is 33.3 Å². The van der Waals surface area contributed by atoms with Crippen molar-refractivity contribution in [1.29, 1.82) is 0 Å². The maximum absolute atomic E-state index is 14.3. The number of likely N-dealkylation sites (tertiary alicyclic amines) is 1. The highest BCUT2D eigenvalue weighted by Gasteiger charge is 2.75. The molecule has 2 amide bonds. The topological polar surface area (TPSA) is 96.4 Å². The van der Waals surface area contributed by atoms with Gasteiger partial charge in [0.25, 0.3) is 0 Å². The lowest BCUT2D eigenvalue weighted by atomic mass is 9.74. The van der Waals surface area contributed by atoms with Crippen LogP contribution in [0.4, 0.5) is 0 Å². The van der Waals surface area contributed by atoms with Gasteiger partial charge < -0.3 is 24.4 Å². The summed E-state index contributed by atoms with van der Waals surface area (Å²) < 4.78 is 12.1. The number of hydrogen-bond acceptors (Lipinski definition) is 6. The Labute approximate surface area is 211 Å². The van der Waals surface area contributed by atoms with E-state index in [1.54, 1.807) is 24.0 Å². The molecule has 5 rings (SSSR count). The van der Waals surface area contributed by atoms with Crippen LogP contribution in [0, 0.1) is 11.8 Å². The fourth-order valence-corrected chi connectivity index (χ4v) is 6.43. The predicted molar refractivity (Wildman–Crippen MR) is 132 cm³/mol. The van der Waals surface area contributed by atoms with Crippen molar-refractivity contribution in [3.63, 3.8) is 0 Å². The third kappa shape index (κ3) is 3.61. The van der Waals surface area contributed by atoms with Crippen LogP contribution >= 0.6 is 0 Å². The summed E-state index contributed by atoms with van der Waals surface area (Å²) in [6, 6.07) is 7.85. The lowest BCUT2D eigenvalue weighted by Gasteiger charge is -2.43. The minimum atomic E-state index is -1.36. The van der Waals surface area contributed by atoms with Gasteiger partial charge in [-0.05, 0) is 45.8 Å². The van der Waals surface area contributed by atoms with Crippen LogP contribution in [-0.4, -0.2) is 81.3 Å². The monoisotopic (exact) mass is 494 g/mol. The number of carbonyl (C=O) groups excluding carboxylic acids is 3. The zero-order valence-corrected chi connectivity index (χ0v) is 21.2. The number of rotatable bonds is 4. The van der Waals surface area contributed by atoms with Crippen LogP contribution in [0.25, 0.3) is 0 Å². The van der Waals surface area contributed by atoms with Crippen LogP contribution in [0.15, 0.2) is 54.6 Å². The van der Waals surface area contributed by atoms with Crippen molar-refractivity contribution < 1.29 is 29.0 Å². The Morgan fingerprint density at radius 2 is 1.78 bits per heavy atom. The van der Waals surface area contributed by atoms with Gasteiger partial charge in [-0.25, -0.2) is 0 Å². The SMILES string of the molecule is CC(C)(C)N1CC=C[C@]23O[C@@]4(C)C=CCOC(=O)[C@H]4[C@H]2C(=O)N([C@@H](CO)Cc2ccccc2)C3C1=O. The van der Waals surface area contributed by atoms with Crippen molar-refractivity contribution in [1.82, 2.24) is 9.80 Å². The van der Waals surface area contributed by atoms with Crippen LogP contribution in [0.2, 0.25) is 0 Å². The molecule has 2 fully saturated rings. The summed E-state index contributed by atoms with van der Waals surface area (Å²) in [5, 5.41) is 10.5. The number of carbonyl (C=O) groups is 3. The third-order valence-electron chi connectivity index (χ3n) is 7.98. The number of ether oxygens (including phenoxy) is 2. The Balaban J connectivity index is 1.66. The summed E-state index contributed by atoms with van der Waals surface area (Å²) in [6.07, 6.45) is 7.54. The second kappa shape index (κ2) is 8.56. The van der Waals surface area contributed by atoms with Gasteiger partial charge in [0, 0.05) is 12.1 Å². The molecule has 0 aliphatic carbocycles. The molecule has 4 heterocycles. The van der Waals surface area contributed by atoms with Crippen molar-refractivity contribution in [2.75, 3.05) is 19.8 Å². The molecule has 8 nitrogen and oxygen atoms in total. The molecule has 4 aliphatic rings.